The van der Waals surface area contributed by atoms with Crippen molar-refractivity contribution in [3.63, 3.8) is 0 Å². The third kappa shape index (κ3) is 5.03. The Morgan fingerprint density at radius 1 is 1.03 bits per heavy atom. The lowest BCUT2D eigenvalue weighted by Crippen LogP contribution is -2.31. The number of carbonyl (C=O) groups excluding carboxylic acids is 1. The van der Waals surface area contributed by atoms with Crippen molar-refractivity contribution >= 4 is 21.6 Å². The number of benzene rings is 2. The Bertz CT molecular complexity index is 1280. The predicted octanol–water partition coefficient (Wildman–Crippen LogP) is 3.55. The molecule has 176 valence electrons. The molecule has 0 aliphatic carbocycles. The molecule has 3 rings (SSSR count). The van der Waals surface area contributed by atoms with Gasteiger partial charge in [0, 0.05) is 25.7 Å². The number of anilines is 1. The van der Waals surface area contributed by atoms with Crippen LogP contribution in [0.1, 0.15) is 42.7 Å². The standard InChI is InChI=1S/C24H30N4O4S/c1-5-7-17-27(6-2)23(29)19-13-15-21(16-14-19)33(31,32)25-22-18(3)26(4)28(24(22)30)20-11-9-8-10-12-20/h8-16,25H,5-7,17H2,1-4H3. The largest absolute Gasteiger partial charge is 0.339 e. The van der Waals surface area contributed by atoms with E-state index in [-0.39, 0.29) is 16.5 Å². The number of carbonyl (C=O) groups is 1. The first kappa shape index (κ1) is 24.3. The lowest BCUT2D eigenvalue weighted by molar-refractivity contribution is 0.0762. The first-order chi connectivity index (χ1) is 15.7. The molecule has 0 saturated heterocycles. The van der Waals surface area contributed by atoms with Crippen LogP contribution in [0, 0.1) is 6.92 Å². The number of hydrogen-bond acceptors (Lipinski definition) is 4. The van der Waals surface area contributed by atoms with E-state index in [9.17, 15) is 18.0 Å². The Hall–Kier alpha value is -3.33. The molecule has 0 unspecified atom stereocenters. The fourth-order valence-electron chi connectivity index (χ4n) is 3.59. The molecule has 33 heavy (non-hydrogen) atoms. The van der Waals surface area contributed by atoms with Crippen LogP contribution in [-0.2, 0) is 17.1 Å². The monoisotopic (exact) mass is 470 g/mol. The van der Waals surface area contributed by atoms with E-state index in [1.54, 1.807) is 47.8 Å². The van der Waals surface area contributed by atoms with Crippen LogP contribution in [-0.4, -0.2) is 41.7 Å². The van der Waals surface area contributed by atoms with Crippen molar-refractivity contribution in [3.05, 3.63) is 76.2 Å². The van der Waals surface area contributed by atoms with Crippen LogP contribution in [0.15, 0.2) is 64.3 Å². The van der Waals surface area contributed by atoms with Crippen LogP contribution < -0.4 is 10.3 Å². The summed E-state index contributed by atoms with van der Waals surface area (Å²) >= 11 is 0. The number of amides is 1. The maximum atomic E-state index is 13.0. The molecule has 3 aromatic rings. The predicted molar refractivity (Wildman–Crippen MR) is 129 cm³/mol. The van der Waals surface area contributed by atoms with E-state index in [0.29, 0.717) is 30.0 Å². The molecule has 9 heteroatoms. The molecule has 0 saturated carbocycles. The molecule has 0 aliphatic heterocycles. The van der Waals surface area contributed by atoms with E-state index in [0.717, 1.165) is 12.8 Å². The average molecular weight is 471 g/mol. The smallest absolute Gasteiger partial charge is 0.296 e. The molecular weight excluding hydrogens is 440 g/mol. The van der Waals surface area contributed by atoms with Gasteiger partial charge in [-0.25, -0.2) is 13.1 Å². The molecule has 2 aromatic carbocycles. The van der Waals surface area contributed by atoms with Crippen molar-refractivity contribution in [2.45, 2.75) is 38.5 Å². The number of aromatic nitrogens is 2. The summed E-state index contributed by atoms with van der Waals surface area (Å²) < 4.78 is 31.5. The molecule has 0 spiro atoms. The number of nitrogens with one attached hydrogen (secondary N) is 1. The molecule has 1 aromatic heterocycles. The zero-order valence-electron chi connectivity index (χ0n) is 19.4. The van der Waals surface area contributed by atoms with Gasteiger partial charge in [0.15, 0.2) is 0 Å². The van der Waals surface area contributed by atoms with Crippen LogP contribution >= 0.6 is 0 Å². The van der Waals surface area contributed by atoms with E-state index in [1.165, 1.54) is 28.9 Å². The normalized spacial score (nSPS) is 11.4. The van der Waals surface area contributed by atoms with Crippen molar-refractivity contribution in [1.29, 1.82) is 0 Å². The van der Waals surface area contributed by atoms with Crippen molar-refractivity contribution in [2.24, 2.45) is 7.05 Å². The molecule has 0 atom stereocenters. The van der Waals surface area contributed by atoms with Gasteiger partial charge in [0.1, 0.15) is 5.69 Å². The molecule has 1 N–H and O–H groups in total. The van der Waals surface area contributed by atoms with Gasteiger partial charge in [-0.05, 0) is 56.7 Å². The maximum Gasteiger partial charge on any atom is 0.296 e. The van der Waals surface area contributed by atoms with Crippen LogP contribution in [0.25, 0.3) is 5.69 Å². The van der Waals surface area contributed by atoms with Crippen LogP contribution in [0.4, 0.5) is 5.69 Å². The van der Waals surface area contributed by atoms with E-state index in [2.05, 4.69) is 11.6 Å². The molecular formula is C24H30N4O4S. The minimum absolute atomic E-state index is 0.0155. The Labute approximate surface area is 194 Å². The van der Waals surface area contributed by atoms with Crippen molar-refractivity contribution in [1.82, 2.24) is 14.3 Å². The van der Waals surface area contributed by atoms with Gasteiger partial charge in [0.2, 0.25) is 0 Å². The summed E-state index contributed by atoms with van der Waals surface area (Å²) in [4.78, 5) is 27.5. The van der Waals surface area contributed by atoms with E-state index in [1.807, 2.05) is 13.0 Å². The van der Waals surface area contributed by atoms with Gasteiger partial charge in [-0.2, -0.15) is 0 Å². The lowest BCUT2D eigenvalue weighted by Gasteiger charge is -2.20. The number of rotatable bonds is 9. The number of hydrogen-bond donors (Lipinski definition) is 1. The minimum Gasteiger partial charge on any atom is -0.339 e. The topological polar surface area (TPSA) is 93.4 Å². The first-order valence-corrected chi connectivity index (χ1v) is 12.5. The van der Waals surface area contributed by atoms with Crippen molar-refractivity contribution in [2.75, 3.05) is 17.8 Å². The van der Waals surface area contributed by atoms with E-state index >= 15 is 0 Å². The Morgan fingerprint density at radius 2 is 1.67 bits per heavy atom. The highest BCUT2D eigenvalue weighted by Crippen LogP contribution is 2.19. The number of para-hydroxylation sites is 1. The molecule has 1 amide bonds. The summed E-state index contributed by atoms with van der Waals surface area (Å²) in [5.74, 6) is -0.132. The Balaban J connectivity index is 1.88. The summed E-state index contributed by atoms with van der Waals surface area (Å²) in [6, 6.07) is 14.8. The number of sulfonamides is 1. The molecule has 0 bridgehead atoms. The molecule has 0 fully saturated rings. The second kappa shape index (κ2) is 10.1. The van der Waals surface area contributed by atoms with Crippen LogP contribution in [0.3, 0.4) is 0 Å². The van der Waals surface area contributed by atoms with E-state index < -0.39 is 15.6 Å². The minimum atomic E-state index is -4.03. The number of nitrogens with zero attached hydrogens (tertiary/aromatic N) is 3. The van der Waals surface area contributed by atoms with Crippen LogP contribution in [0.5, 0.6) is 0 Å². The van der Waals surface area contributed by atoms with Gasteiger partial charge in [-0.15, -0.1) is 0 Å². The maximum absolute atomic E-state index is 13.0. The van der Waals surface area contributed by atoms with Crippen LogP contribution in [0.2, 0.25) is 0 Å². The van der Waals surface area contributed by atoms with Gasteiger partial charge in [-0.3, -0.25) is 19.0 Å². The molecule has 0 radical (unpaired) electrons. The summed E-state index contributed by atoms with van der Waals surface area (Å²) in [6.45, 7) is 6.90. The summed E-state index contributed by atoms with van der Waals surface area (Å²) in [7, 11) is -2.33. The second-order valence-corrected chi connectivity index (χ2v) is 9.49. The van der Waals surface area contributed by atoms with Crippen molar-refractivity contribution in [3.8, 4) is 5.69 Å². The summed E-state index contributed by atoms with van der Waals surface area (Å²) in [6.07, 6.45) is 1.89. The fourth-order valence-corrected chi connectivity index (χ4v) is 4.71. The highest BCUT2D eigenvalue weighted by molar-refractivity contribution is 7.92. The Kier molecular flexibility index (Phi) is 7.43. The van der Waals surface area contributed by atoms with Crippen molar-refractivity contribution < 1.29 is 13.2 Å². The number of unbranched alkanes of at least 4 members (excludes halogenated alkanes) is 1. The summed E-state index contributed by atoms with van der Waals surface area (Å²) in [5, 5.41) is 0. The third-order valence-electron chi connectivity index (χ3n) is 5.65. The molecule has 8 nitrogen and oxygen atoms in total. The highest BCUT2D eigenvalue weighted by Gasteiger charge is 2.23. The van der Waals surface area contributed by atoms with Gasteiger partial charge < -0.3 is 4.90 Å². The quantitative estimate of drug-likeness (QED) is 0.518. The second-order valence-electron chi connectivity index (χ2n) is 7.80. The lowest BCUT2D eigenvalue weighted by atomic mass is 10.2. The molecule has 0 aliphatic rings. The first-order valence-electron chi connectivity index (χ1n) is 11.0. The highest BCUT2D eigenvalue weighted by atomic mass is 32.2. The summed E-state index contributed by atoms with van der Waals surface area (Å²) in [5.41, 5.74) is 1.05. The SMILES string of the molecule is CCCCN(CC)C(=O)c1ccc(S(=O)(=O)Nc2c(C)n(C)n(-c3ccccc3)c2=O)cc1. The third-order valence-corrected chi connectivity index (χ3v) is 7.02. The fraction of sp³-hybridized carbons (Fsp3) is 0.333. The van der Waals surface area contributed by atoms with Gasteiger partial charge in [-0.1, -0.05) is 31.5 Å². The van der Waals surface area contributed by atoms with Gasteiger partial charge in [0.25, 0.3) is 21.5 Å². The molecule has 1 heterocycles. The van der Waals surface area contributed by atoms with Gasteiger partial charge in [0.05, 0.1) is 16.3 Å². The van der Waals surface area contributed by atoms with E-state index in [4.69, 9.17) is 0 Å². The zero-order chi connectivity index (χ0) is 24.2. The average Bonchev–Trinajstić information content (AvgIpc) is 3.02. The Morgan fingerprint density at radius 3 is 2.24 bits per heavy atom. The van der Waals surface area contributed by atoms with Gasteiger partial charge >= 0.3 is 0 Å². The zero-order valence-corrected chi connectivity index (χ0v) is 20.2.